The number of benzene rings is 1. The van der Waals surface area contributed by atoms with Crippen LogP contribution in [0.5, 0.6) is 5.75 Å². The van der Waals surface area contributed by atoms with Gasteiger partial charge in [0.15, 0.2) is 11.6 Å². The first kappa shape index (κ1) is 12.4. The topological polar surface area (TPSA) is 35.2 Å². The smallest absolute Gasteiger partial charge is 0.165 e. The molecule has 0 saturated heterocycles. The van der Waals surface area contributed by atoms with Crippen LogP contribution in [0, 0.1) is 17.7 Å². The third-order valence-corrected chi connectivity index (χ3v) is 3.23. The van der Waals surface area contributed by atoms with Crippen LogP contribution in [0.1, 0.15) is 38.3 Å². The molecule has 0 heterocycles. The van der Waals surface area contributed by atoms with Crippen LogP contribution in [-0.4, -0.2) is 6.61 Å². The van der Waals surface area contributed by atoms with Gasteiger partial charge < -0.3 is 10.5 Å². The molecule has 1 aromatic carbocycles. The molecule has 3 heteroatoms. The van der Waals surface area contributed by atoms with Crippen LogP contribution < -0.4 is 10.5 Å². The molecule has 94 valence electrons. The fourth-order valence-corrected chi connectivity index (χ4v) is 1.71. The van der Waals surface area contributed by atoms with Crippen molar-refractivity contribution in [1.29, 1.82) is 0 Å². The zero-order valence-corrected chi connectivity index (χ0v) is 10.4. The van der Waals surface area contributed by atoms with Crippen LogP contribution in [0.25, 0.3) is 0 Å². The van der Waals surface area contributed by atoms with Gasteiger partial charge in [0.25, 0.3) is 0 Å². The summed E-state index contributed by atoms with van der Waals surface area (Å²) in [7, 11) is 0. The third kappa shape index (κ3) is 3.19. The maximum absolute atomic E-state index is 13.5. The van der Waals surface area contributed by atoms with E-state index in [1.807, 2.05) is 0 Å². The van der Waals surface area contributed by atoms with Crippen molar-refractivity contribution in [1.82, 2.24) is 0 Å². The molecule has 0 bridgehead atoms. The highest BCUT2D eigenvalue weighted by Gasteiger charge is 2.22. The largest absolute Gasteiger partial charge is 0.490 e. The predicted molar refractivity (Wildman–Crippen MR) is 66.4 cm³/mol. The summed E-state index contributed by atoms with van der Waals surface area (Å²) in [6.45, 7) is 4.73. The Bertz CT molecular complexity index is 388. The van der Waals surface area contributed by atoms with E-state index in [1.165, 1.54) is 18.9 Å². The first-order chi connectivity index (χ1) is 8.08. The zero-order chi connectivity index (χ0) is 12.4. The lowest BCUT2D eigenvalue weighted by Crippen LogP contribution is -2.17. The highest BCUT2D eigenvalue weighted by Crippen LogP contribution is 2.31. The molecule has 2 nitrogen and oxygen atoms in total. The van der Waals surface area contributed by atoms with Crippen LogP contribution in [0.15, 0.2) is 18.2 Å². The first-order valence-corrected chi connectivity index (χ1v) is 6.25. The summed E-state index contributed by atoms with van der Waals surface area (Å²) in [6, 6.07) is 4.85. The van der Waals surface area contributed by atoms with E-state index in [2.05, 4.69) is 13.8 Å². The van der Waals surface area contributed by atoms with Crippen molar-refractivity contribution >= 4 is 0 Å². The Balaban J connectivity index is 2.09. The molecule has 0 aliphatic heterocycles. The summed E-state index contributed by atoms with van der Waals surface area (Å²) in [6.07, 6.45) is 2.40. The summed E-state index contributed by atoms with van der Waals surface area (Å²) >= 11 is 0. The average Bonchev–Trinajstić information content (AvgIpc) is 3.11. The van der Waals surface area contributed by atoms with Crippen LogP contribution in [-0.2, 0) is 0 Å². The second-order valence-corrected chi connectivity index (χ2v) is 5.21. The lowest BCUT2D eigenvalue weighted by molar-refractivity contribution is 0.284. The molecule has 1 saturated carbocycles. The van der Waals surface area contributed by atoms with Gasteiger partial charge in [-0.2, -0.15) is 0 Å². The van der Waals surface area contributed by atoms with Gasteiger partial charge >= 0.3 is 0 Å². The minimum atomic E-state index is -0.301. The standard InChI is InChI=1S/C14H20FNO/c1-9(2)14(16)11-5-6-12(15)13(7-11)17-8-10-3-4-10/h5-7,9-10,14H,3-4,8,16H2,1-2H3/t14-/m1/s1. The van der Waals surface area contributed by atoms with Crippen molar-refractivity contribution in [2.45, 2.75) is 32.7 Å². The summed E-state index contributed by atoms with van der Waals surface area (Å²) in [5, 5.41) is 0. The van der Waals surface area contributed by atoms with E-state index < -0.39 is 0 Å². The Kier molecular flexibility index (Phi) is 3.67. The minimum Gasteiger partial charge on any atom is -0.490 e. The van der Waals surface area contributed by atoms with E-state index in [0.29, 0.717) is 24.2 Å². The van der Waals surface area contributed by atoms with Crippen LogP contribution >= 0.6 is 0 Å². The second kappa shape index (κ2) is 5.05. The molecule has 0 unspecified atom stereocenters. The molecule has 1 aliphatic rings. The molecular weight excluding hydrogens is 217 g/mol. The average molecular weight is 237 g/mol. The monoisotopic (exact) mass is 237 g/mol. The molecule has 1 aliphatic carbocycles. The maximum atomic E-state index is 13.5. The molecule has 2 rings (SSSR count). The highest BCUT2D eigenvalue weighted by molar-refractivity contribution is 5.32. The van der Waals surface area contributed by atoms with Gasteiger partial charge in [0.05, 0.1) is 6.61 Å². The van der Waals surface area contributed by atoms with E-state index in [9.17, 15) is 4.39 Å². The summed E-state index contributed by atoms with van der Waals surface area (Å²) < 4.78 is 19.0. The Morgan fingerprint density at radius 1 is 1.41 bits per heavy atom. The Morgan fingerprint density at radius 2 is 2.12 bits per heavy atom. The number of rotatable bonds is 5. The van der Waals surface area contributed by atoms with Gasteiger partial charge in [-0.3, -0.25) is 0 Å². The van der Waals surface area contributed by atoms with Crippen molar-refractivity contribution in [3.05, 3.63) is 29.6 Å². The fourth-order valence-electron chi connectivity index (χ4n) is 1.71. The lowest BCUT2D eigenvalue weighted by atomic mass is 9.97. The number of ether oxygens (including phenoxy) is 1. The molecule has 1 aromatic rings. The van der Waals surface area contributed by atoms with Gasteiger partial charge in [0.1, 0.15) is 0 Å². The van der Waals surface area contributed by atoms with Crippen molar-refractivity contribution in [3.63, 3.8) is 0 Å². The molecular formula is C14H20FNO. The molecule has 0 aromatic heterocycles. The first-order valence-electron chi connectivity index (χ1n) is 6.25. The predicted octanol–water partition coefficient (Wildman–Crippen LogP) is 3.27. The van der Waals surface area contributed by atoms with E-state index in [0.717, 1.165) is 5.56 Å². The van der Waals surface area contributed by atoms with Gasteiger partial charge in [-0.05, 0) is 42.4 Å². The number of nitrogens with two attached hydrogens (primary N) is 1. The second-order valence-electron chi connectivity index (χ2n) is 5.21. The quantitative estimate of drug-likeness (QED) is 0.853. The zero-order valence-electron chi connectivity index (χ0n) is 10.4. The highest BCUT2D eigenvalue weighted by atomic mass is 19.1. The van der Waals surface area contributed by atoms with Crippen LogP contribution in [0.3, 0.4) is 0 Å². The summed E-state index contributed by atoms with van der Waals surface area (Å²) in [5.41, 5.74) is 6.98. The normalized spacial score (nSPS) is 17.2. The van der Waals surface area contributed by atoms with Crippen LogP contribution in [0.4, 0.5) is 4.39 Å². The van der Waals surface area contributed by atoms with Gasteiger partial charge in [-0.15, -0.1) is 0 Å². The lowest BCUT2D eigenvalue weighted by Gasteiger charge is -2.17. The number of hydrogen-bond acceptors (Lipinski definition) is 2. The molecule has 2 N–H and O–H groups in total. The third-order valence-electron chi connectivity index (χ3n) is 3.23. The van der Waals surface area contributed by atoms with Crippen molar-refractivity contribution < 1.29 is 9.13 Å². The number of halogens is 1. The Morgan fingerprint density at radius 3 is 2.71 bits per heavy atom. The van der Waals surface area contributed by atoms with Gasteiger partial charge in [-0.1, -0.05) is 19.9 Å². The minimum absolute atomic E-state index is 0.0705. The van der Waals surface area contributed by atoms with Crippen molar-refractivity contribution in [2.75, 3.05) is 6.61 Å². The van der Waals surface area contributed by atoms with E-state index in [-0.39, 0.29) is 11.9 Å². The van der Waals surface area contributed by atoms with E-state index in [1.54, 1.807) is 12.1 Å². The molecule has 0 radical (unpaired) electrons. The molecule has 17 heavy (non-hydrogen) atoms. The molecule has 0 spiro atoms. The number of hydrogen-bond donors (Lipinski definition) is 1. The van der Waals surface area contributed by atoms with E-state index in [4.69, 9.17) is 10.5 Å². The van der Waals surface area contributed by atoms with Crippen molar-refractivity contribution in [3.8, 4) is 5.75 Å². The van der Waals surface area contributed by atoms with Gasteiger partial charge in [0, 0.05) is 6.04 Å². The van der Waals surface area contributed by atoms with Gasteiger partial charge in [-0.25, -0.2) is 4.39 Å². The Hall–Kier alpha value is -1.09. The Labute approximate surface area is 102 Å². The molecule has 1 atom stereocenters. The molecule has 0 amide bonds. The molecule has 1 fully saturated rings. The fraction of sp³-hybridized carbons (Fsp3) is 0.571. The van der Waals surface area contributed by atoms with Crippen LogP contribution in [0.2, 0.25) is 0 Å². The summed E-state index contributed by atoms with van der Waals surface area (Å²) in [5.74, 6) is 0.990. The van der Waals surface area contributed by atoms with E-state index >= 15 is 0 Å². The van der Waals surface area contributed by atoms with Gasteiger partial charge in [0.2, 0.25) is 0 Å². The SMILES string of the molecule is CC(C)[C@@H](N)c1ccc(F)c(OCC2CC2)c1. The summed E-state index contributed by atoms with van der Waals surface area (Å²) in [4.78, 5) is 0. The maximum Gasteiger partial charge on any atom is 0.165 e. The van der Waals surface area contributed by atoms with Crippen molar-refractivity contribution in [2.24, 2.45) is 17.6 Å².